The van der Waals surface area contributed by atoms with Gasteiger partial charge >= 0.3 is 0 Å². The van der Waals surface area contributed by atoms with Crippen LogP contribution in [0.15, 0.2) is 23.2 Å². The minimum Gasteiger partial charge on any atom is -0.491 e. The molecule has 0 saturated carbocycles. The maximum atomic E-state index is 12.5. The number of ether oxygens (including phenoxy) is 1. The monoisotopic (exact) mass is 350 g/mol. The molecule has 9 N–H and O–H groups in total. The first-order chi connectivity index (χ1) is 11.8. The van der Waals surface area contributed by atoms with Crippen LogP contribution in [-0.2, 0) is 4.79 Å². The summed E-state index contributed by atoms with van der Waals surface area (Å²) in [5.74, 6) is -0.791. The zero-order valence-corrected chi connectivity index (χ0v) is 14.3. The molecule has 1 unspecified atom stereocenters. The van der Waals surface area contributed by atoms with Gasteiger partial charge in [0.2, 0.25) is 5.91 Å². The molecule has 0 saturated heterocycles. The third-order valence-electron chi connectivity index (χ3n) is 3.39. The van der Waals surface area contributed by atoms with Gasteiger partial charge in [0.25, 0.3) is 5.91 Å². The molecular weight excluding hydrogens is 324 g/mol. The summed E-state index contributed by atoms with van der Waals surface area (Å²) in [6.45, 7) is 2.41. The van der Waals surface area contributed by atoms with Gasteiger partial charge < -0.3 is 33.0 Å². The van der Waals surface area contributed by atoms with E-state index >= 15 is 0 Å². The lowest BCUT2D eigenvalue weighted by Gasteiger charge is -2.17. The van der Waals surface area contributed by atoms with Gasteiger partial charge in [0, 0.05) is 5.69 Å². The molecule has 2 amide bonds. The van der Waals surface area contributed by atoms with Gasteiger partial charge in [-0.05, 0) is 24.6 Å². The number of carbonyl (C=O) groups is 2. The summed E-state index contributed by atoms with van der Waals surface area (Å²) in [5, 5.41) is 2.63. The van der Waals surface area contributed by atoms with E-state index in [1.165, 1.54) is 6.07 Å². The lowest BCUT2D eigenvalue weighted by atomic mass is 10.1. The summed E-state index contributed by atoms with van der Waals surface area (Å²) in [4.78, 5) is 27.8. The van der Waals surface area contributed by atoms with Crippen molar-refractivity contribution in [1.82, 2.24) is 5.32 Å². The van der Waals surface area contributed by atoms with E-state index in [1.54, 1.807) is 12.1 Å². The van der Waals surface area contributed by atoms with Gasteiger partial charge in [-0.2, -0.15) is 0 Å². The number of nitrogens with zero attached hydrogens (tertiary/aromatic N) is 1. The molecule has 0 aromatic heterocycles. The van der Waals surface area contributed by atoms with Gasteiger partial charge in [-0.1, -0.05) is 19.8 Å². The molecule has 138 valence electrons. The Balaban J connectivity index is 2.86. The Morgan fingerprint density at radius 1 is 1.28 bits per heavy atom. The van der Waals surface area contributed by atoms with Crippen LogP contribution in [0.5, 0.6) is 5.75 Å². The molecule has 1 atom stereocenters. The van der Waals surface area contributed by atoms with Crippen molar-refractivity contribution in [3.8, 4) is 5.75 Å². The maximum Gasteiger partial charge on any atom is 0.255 e. The molecule has 0 bridgehead atoms. The van der Waals surface area contributed by atoms with Crippen molar-refractivity contribution >= 4 is 23.5 Å². The number of hydrogen-bond acceptors (Lipinski definition) is 5. The third kappa shape index (κ3) is 6.98. The van der Waals surface area contributed by atoms with Gasteiger partial charge in [0.05, 0.1) is 12.1 Å². The highest BCUT2D eigenvalue weighted by Crippen LogP contribution is 2.22. The fourth-order valence-electron chi connectivity index (χ4n) is 2.11. The van der Waals surface area contributed by atoms with Crippen molar-refractivity contribution in [1.29, 1.82) is 0 Å². The van der Waals surface area contributed by atoms with E-state index in [1.807, 2.05) is 6.92 Å². The number of guanidine groups is 1. The number of benzene rings is 1. The fourth-order valence-corrected chi connectivity index (χ4v) is 2.11. The zero-order valence-electron chi connectivity index (χ0n) is 14.3. The first kappa shape index (κ1) is 20.1. The lowest BCUT2D eigenvalue weighted by molar-refractivity contribution is -0.120. The highest BCUT2D eigenvalue weighted by molar-refractivity contribution is 6.00. The van der Waals surface area contributed by atoms with Crippen LogP contribution in [0.25, 0.3) is 0 Å². The molecular formula is C16H26N6O3. The SMILES string of the molecule is CCCCC(NC(=O)c1cc(N)ccc1OCCN=C(N)N)C(N)=O. The number of rotatable bonds is 10. The van der Waals surface area contributed by atoms with Crippen LogP contribution in [0.1, 0.15) is 36.5 Å². The van der Waals surface area contributed by atoms with Gasteiger partial charge in [-0.3, -0.25) is 14.6 Å². The number of anilines is 1. The van der Waals surface area contributed by atoms with Gasteiger partial charge in [-0.15, -0.1) is 0 Å². The van der Waals surface area contributed by atoms with Crippen molar-refractivity contribution < 1.29 is 14.3 Å². The standard InChI is InChI=1S/C16H26N6O3/c1-2-3-4-12(14(18)23)22-15(24)11-9-10(17)5-6-13(11)25-8-7-21-16(19)20/h5-6,9,12H,2-4,7-8,17H2,1H3,(H2,18,23)(H,22,24)(H4,19,20,21). The van der Waals surface area contributed by atoms with Gasteiger partial charge in [-0.25, -0.2) is 0 Å². The Bertz CT molecular complexity index is 628. The number of amides is 2. The number of primary amides is 1. The first-order valence-electron chi connectivity index (χ1n) is 8.03. The Labute approximate surface area is 146 Å². The van der Waals surface area contributed by atoms with Crippen molar-refractivity contribution in [3.05, 3.63) is 23.8 Å². The number of aliphatic imine (C=N–C) groups is 1. The van der Waals surface area contributed by atoms with E-state index in [0.29, 0.717) is 17.9 Å². The van der Waals surface area contributed by atoms with E-state index in [2.05, 4.69) is 10.3 Å². The van der Waals surface area contributed by atoms with Gasteiger partial charge in [0.15, 0.2) is 5.96 Å². The second-order valence-electron chi connectivity index (χ2n) is 5.48. The quantitative estimate of drug-likeness (QED) is 0.168. The second-order valence-corrected chi connectivity index (χ2v) is 5.48. The van der Waals surface area contributed by atoms with Crippen LogP contribution in [0.3, 0.4) is 0 Å². The summed E-state index contributed by atoms with van der Waals surface area (Å²) in [6, 6.07) is 3.91. The van der Waals surface area contributed by atoms with Crippen molar-refractivity contribution in [2.45, 2.75) is 32.2 Å². The Kier molecular flexibility index (Phi) is 8.04. The van der Waals surface area contributed by atoms with Crippen LogP contribution in [0.4, 0.5) is 5.69 Å². The molecule has 0 fully saturated rings. The molecule has 0 aliphatic carbocycles. The van der Waals surface area contributed by atoms with E-state index < -0.39 is 17.9 Å². The summed E-state index contributed by atoms with van der Waals surface area (Å²) >= 11 is 0. The molecule has 9 nitrogen and oxygen atoms in total. The van der Waals surface area contributed by atoms with Crippen molar-refractivity contribution in [2.24, 2.45) is 22.2 Å². The smallest absolute Gasteiger partial charge is 0.255 e. The van der Waals surface area contributed by atoms with E-state index in [9.17, 15) is 9.59 Å². The molecule has 0 heterocycles. The highest BCUT2D eigenvalue weighted by Gasteiger charge is 2.21. The predicted octanol–water partition coefficient (Wildman–Crippen LogP) is -0.305. The summed E-state index contributed by atoms with van der Waals surface area (Å²) < 4.78 is 5.54. The summed E-state index contributed by atoms with van der Waals surface area (Å²) in [5.41, 5.74) is 22.2. The number of carbonyl (C=O) groups excluding carboxylic acids is 2. The number of nitrogens with two attached hydrogens (primary N) is 4. The predicted molar refractivity (Wildman–Crippen MR) is 97.0 cm³/mol. The van der Waals surface area contributed by atoms with Crippen LogP contribution >= 0.6 is 0 Å². The van der Waals surface area contributed by atoms with Crippen LogP contribution < -0.4 is 33.0 Å². The molecule has 1 aromatic rings. The minimum absolute atomic E-state index is 0.0425. The molecule has 1 aromatic carbocycles. The normalized spacial score (nSPS) is 11.4. The van der Waals surface area contributed by atoms with Gasteiger partial charge in [0.1, 0.15) is 18.4 Å². The second kappa shape index (κ2) is 10.0. The molecule has 0 aliphatic heterocycles. The number of nitrogen functional groups attached to an aromatic ring is 1. The average molecular weight is 350 g/mol. The van der Waals surface area contributed by atoms with Crippen molar-refractivity contribution in [2.75, 3.05) is 18.9 Å². The zero-order chi connectivity index (χ0) is 18.8. The molecule has 0 spiro atoms. The number of hydrogen-bond donors (Lipinski definition) is 5. The molecule has 1 rings (SSSR count). The topological polar surface area (TPSA) is 172 Å². The largest absolute Gasteiger partial charge is 0.491 e. The summed E-state index contributed by atoms with van der Waals surface area (Å²) in [6.07, 6.45) is 2.13. The van der Waals surface area contributed by atoms with Crippen LogP contribution in [-0.4, -0.2) is 37.0 Å². The molecule has 25 heavy (non-hydrogen) atoms. The minimum atomic E-state index is -0.747. The average Bonchev–Trinajstić information content (AvgIpc) is 2.55. The van der Waals surface area contributed by atoms with E-state index in [-0.39, 0.29) is 24.7 Å². The lowest BCUT2D eigenvalue weighted by Crippen LogP contribution is -2.44. The molecule has 0 radical (unpaired) electrons. The number of unbranched alkanes of at least 4 members (excludes halogenated alkanes) is 1. The fraction of sp³-hybridized carbons (Fsp3) is 0.438. The highest BCUT2D eigenvalue weighted by atomic mass is 16.5. The number of nitrogens with one attached hydrogen (secondary N) is 1. The maximum absolute atomic E-state index is 12.5. The molecule has 0 aliphatic rings. The Morgan fingerprint density at radius 3 is 2.60 bits per heavy atom. The van der Waals surface area contributed by atoms with E-state index in [4.69, 9.17) is 27.7 Å². The van der Waals surface area contributed by atoms with Crippen LogP contribution in [0, 0.1) is 0 Å². The molecule has 9 heteroatoms. The van der Waals surface area contributed by atoms with Crippen LogP contribution in [0.2, 0.25) is 0 Å². The first-order valence-corrected chi connectivity index (χ1v) is 8.03. The Hall–Kier alpha value is -2.97. The summed E-state index contributed by atoms with van der Waals surface area (Å²) in [7, 11) is 0. The van der Waals surface area contributed by atoms with E-state index in [0.717, 1.165) is 12.8 Å². The van der Waals surface area contributed by atoms with Crippen molar-refractivity contribution in [3.63, 3.8) is 0 Å². The third-order valence-corrected chi connectivity index (χ3v) is 3.39. The Morgan fingerprint density at radius 2 is 2.00 bits per heavy atom.